The predicted octanol–water partition coefficient (Wildman–Crippen LogP) is 2.87. The molecule has 1 aromatic carbocycles. The lowest BCUT2D eigenvalue weighted by Crippen LogP contribution is -2.37. The topological polar surface area (TPSA) is 54.2 Å². The van der Waals surface area contributed by atoms with E-state index in [0.717, 1.165) is 36.0 Å². The van der Waals surface area contributed by atoms with Crippen LogP contribution in [0.1, 0.15) is 25.1 Å². The summed E-state index contributed by atoms with van der Waals surface area (Å²) in [5.74, 6) is 0.839. The summed E-state index contributed by atoms with van der Waals surface area (Å²) >= 11 is 0. The van der Waals surface area contributed by atoms with Crippen LogP contribution < -0.4 is 10.6 Å². The third-order valence-electron chi connectivity index (χ3n) is 3.06. The van der Waals surface area contributed by atoms with E-state index in [4.69, 9.17) is 0 Å². The lowest BCUT2D eigenvalue weighted by Gasteiger charge is -2.11. The van der Waals surface area contributed by atoms with Crippen LogP contribution in [-0.4, -0.2) is 28.8 Å². The number of nitrogens with one attached hydrogen (secondary N) is 2. The highest BCUT2D eigenvalue weighted by molar-refractivity contribution is 14.0. The molecule has 0 atom stereocenters. The van der Waals surface area contributed by atoms with Gasteiger partial charge in [0.25, 0.3) is 0 Å². The number of halogens is 1. The Hall–Kier alpha value is -1.57. The smallest absolute Gasteiger partial charge is 0.191 e. The Bertz CT molecular complexity index is 598. The standard InChI is InChI=1S/C16H23N5.HI/c1-4-17-16(18-5-2)19-12-14-8-6-7-9-15(14)21-11-10-13(3)20-21;/h6-11H,4-5,12H2,1-3H3,(H2,17,18,19);1H. The maximum Gasteiger partial charge on any atom is 0.191 e. The van der Waals surface area contributed by atoms with Gasteiger partial charge in [0.2, 0.25) is 0 Å². The Morgan fingerprint density at radius 2 is 1.82 bits per heavy atom. The number of aliphatic imine (C=N–C) groups is 1. The fourth-order valence-corrected chi connectivity index (χ4v) is 2.09. The molecule has 2 aromatic rings. The van der Waals surface area contributed by atoms with Gasteiger partial charge >= 0.3 is 0 Å². The van der Waals surface area contributed by atoms with Crippen molar-refractivity contribution >= 4 is 29.9 Å². The number of aryl methyl sites for hydroxylation is 1. The van der Waals surface area contributed by atoms with Crippen molar-refractivity contribution in [1.29, 1.82) is 0 Å². The number of para-hydroxylation sites is 1. The molecule has 2 rings (SSSR count). The lowest BCUT2D eigenvalue weighted by atomic mass is 10.2. The Morgan fingerprint density at radius 1 is 1.14 bits per heavy atom. The van der Waals surface area contributed by atoms with Crippen LogP contribution in [0.2, 0.25) is 0 Å². The summed E-state index contributed by atoms with van der Waals surface area (Å²) in [5.41, 5.74) is 3.23. The molecule has 0 aliphatic heterocycles. The van der Waals surface area contributed by atoms with Gasteiger partial charge in [0.05, 0.1) is 17.9 Å². The molecular weight excluding hydrogens is 389 g/mol. The zero-order chi connectivity index (χ0) is 15.1. The molecule has 0 spiro atoms. The van der Waals surface area contributed by atoms with Crippen molar-refractivity contribution in [1.82, 2.24) is 20.4 Å². The molecule has 1 heterocycles. The number of benzene rings is 1. The summed E-state index contributed by atoms with van der Waals surface area (Å²) in [7, 11) is 0. The molecule has 0 bridgehead atoms. The van der Waals surface area contributed by atoms with Gasteiger partial charge in [0.15, 0.2) is 5.96 Å². The largest absolute Gasteiger partial charge is 0.357 e. The minimum absolute atomic E-state index is 0. The minimum atomic E-state index is 0. The van der Waals surface area contributed by atoms with Gasteiger partial charge in [-0.3, -0.25) is 0 Å². The number of hydrogen-bond donors (Lipinski definition) is 2. The maximum absolute atomic E-state index is 4.62. The molecule has 0 saturated carbocycles. The summed E-state index contributed by atoms with van der Waals surface area (Å²) in [6.07, 6.45) is 1.98. The zero-order valence-corrected chi connectivity index (χ0v) is 15.7. The van der Waals surface area contributed by atoms with E-state index in [1.54, 1.807) is 0 Å². The van der Waals surface area contributed by atoms with Gasteiger partial charge in [-0.15, -0.1) is 24.0 Å². The van der Waals surface area contributed by atoms with E-state index < -0.39 is 0 Å². The summed E-state index contributed by atoms with van der Waals surface area (Å²) in [6, 6.07) is 10.2. The van der Waals surface area contributed by atoms with Gasteiger partial charge in [-0.05, 0) is 38.5 Å². The lowest BCUT2D eigenvalue weighted by molar-refractivity contribution is 0.823. The van der Waals surface area contributed by atoms with E-state index >= 15 is 0 Å². The molecule has 0 unspecified atom stereocenters. The molecule has 6 heteroatoms. The van der Waals surface area contributed by atoms with Crippen LogP contribution in [0.25, 0.3) is 5.69 Å². The van der Waals surface area contributed by atoms with Gasteiger partial charge in [-0.2, -0.15) is 5.10 Å². The van der Waals surface area contributed by atoms with Crippen molar-refractivity contribution in [3.05, 3.63) is 47.8 Å². The maximum atomic E-state index is 4.62. The fraction of sp³-hybridized carbons (Fsp3) is 0.375. The van der Waals surface area contributed by atoms with E-state index in [0.29, 0.717) is 6.54 Å². The molecule has 5 nitrogen and oxygen atoms in total. The van der Waals surface area contributed by atoms with Crippen molar-refractivity contribution in [2.45, 2.75) is 27.3 Å². The van der Waals surface area contributed by atoms with E-state index in [-0.39, 0.29) is 24.0 Å². The third kappa shape index (κ3) is 5.01. The highest BCUT2D eigenvalue weighted by Crippen LogP contribution is 2.15. The van der Waals surface area contributed by atoms with Crippen LogP contribution in [0, 0.1) is 6.92 Å². The number of aromatic nitrogens is 2. The average molecular weight is 413 g/mol. The number of guanidine groups is 1. The molecule has 0 aliphatic rings. The van der Waals surface area contributed by atoms with Crippen molar-refractivity contribution < 1.29 is 0 Å². The Morgan fingerprint density at radius 3 is 2.41 bits per heavy atom. The van der Waals surface area contributed by atoms with E-state index in [2.05, 4.69) is 46.7 Å². The second-order valence-electron chi connectivity index (χ2n) is 4.76. The number of hydrogen-bond acceptors (Lipinski definition) is 2. The van der Waals surface area contributed by atoms with Gasteiger partial charge in [-0.1, -0.05) is 18.2 Å². The summed E-state index contributed by atoms with van der Waals surface area (Å²) < 4.78 is 1.90. The Balaban J connectivity index is 0.00000242. The molecule has 2 N–H and O–H groups in total. The highest BCUT2D eigenvalue weighted by atomic mass is 127. The predicted molar refractivity (Wildman–Crippen MR) is 102 cm³/mol. The summed E-state index contributed by atoms with van der Waals surface area (Å²) in [6.45, 7) is 8.44. The van der Waals surface area contributed by atoms with Gasteiger partial charge in [0.1, 0.15) is 0 Å². The molecule has 0 saturated heterocycles. The van der Waals surface area contributed by atoms with E-state index in [1.807, 2.05) is 36.0 Å². The molecule has 1 aromatic heterocycles. The molecule has 0 aliphatic carbocycles. The van der Waals surface area contributed by atoms with Crippen LogP contribution in [0.4, 0.5) is 0 Å². The minimum Gasteiger partial charge on any atom is -0.357 e. The molecule has 0 radical (unpaired) electrons. The Kier molecular flexibility index (Phi) is 7.94. The van der Waals surface area contributed by atoms with Crippen molar-refractivity contribution in [2.24, 2.45) is 4.99 Å². The van der Waals surface area contributed by atoms with Gasteiger partial charge in [0, 0.05) is 19.3 Å². The first-order chi connectivity index (χ1) is 10.2. The van der Waals surface area contributed by atoms with Gasteiger partial charge < -0.3 is 10.6 Å². The monoisotopic (exact) mass is 413 g/mol. The highest BCUT2D eigenvalue weighted by Gasteiger charge is 2.05. The van der Waals surface area contributed by atoms with Crippen molar-refractivity contribution in [3.8, 4) is 5.69 Å². The quantitative estimate of drug-likeness (QED) is 0.450. The van der Waals surface area contributed by atoms with Crippen molar-refractivity contribution in [3.63, 3.8) is 0 Å². The van der Waals surface area contributed by atoms with Gasteiger partial charge in [-0.25, -0.2) is 9.67 Å². The molecule has 120 valence electrons. The van der Waals surface area contributed by atoms with Crippen LogP contribution in [0.5, 0.6) is 0 Å². The fourth-order valence-electron chi connectivity index (χ4n) is 2.09. The summed E-state index contributed by atoms with van der Waals surface area (Å²) in [5, 5.41) is 10.9. The van der Waals surface area contributed by atoms with E-state index in [1.165, 1.54) is 0 Å². The van der Waals surface area contributed by atoms with Crippen LogP contribution in [-0.2, 0) is 6.54 Å². The molecule has 0 amide bonds. The SMILES string of the molecule is CCNC(=NCc1ccccc1-n1ccc(C)n1)NCC.I. The first-order valence-electron chi connectivity index (χ1n) is 7.37. The Labute approximate surface area is 149 Å². The first kappa shape index (κ1) is 18.5. The molecular formula is C16H24IN5. The first-order valence-corrected chi connectivity index (χ1v) is 7.37. The number of rotatable bonds is 5. The second-order valence-corrected chi connectivity index (χ2v) is 4.76. The molecule has 0 fully saturated rings. The van der Waals surface area contributed by atoms with Crippen molar-refractivity contribution in [2.75, 3.05) is 13.1 Å². The zero-order valence-electron chi connectivity index (χ0n) is 13.3. The normalized spacial score (nSPS) is 9.77. The van der Waals surface area contributed by atoms with Crippen LogP contribution in [0.15, 0.2) is 41.5 Å². The molecule has 22 heavy (non-hydrogen) atoms. The second kappa shape index (κ2) is 9.45. The number of nitrogens with zero attached hydrogens (tertiary/aromatic N) is 3. The van der Waals surface area contributed by atoms with Crippen LogP contribution in [0.3, 0.4) is 0 Å². The average Bonchev–Trinajstić information content (AvgIpc) is 2.92. The third-order valence-corrected chi connectivity index (χ3v) is 3.06. The summed E-state index contributed by atoms with van der Waals surface area (Å²) in [4.78, 5) is 4.62. The van der Waals surface area contributed by atoms with Crippen LogP contribution >= 0.6 is 24.0 Å². The van der Waals surface area contributed by atoms with E-state index in [9.17, 15) is 0 Å².